The molecule has 12 nitrogen and oxygen atoms in total. The number of allylic oxidation sites excluding steroid dienone is 1. The molecule has 1 aromatic rings. The number of aliphatic hydroxyl groups excluding tert-OH is 2. The van der Waals surface area contributed by atoms with Crippen molar-refractivity contribution in [2.75, 3.05) is 46.2 Å². The standard InChI is InChI=1S/C26H32BFN4O8/c1-32(2)19-12-7-10-6-11-13(28)8-14(31-15(33)9-30-4-5-40-3)20(34)17(11)21(35)16(10)24(37)26(12,39)23(27)18(22(19)36)25(29)38/h8,10,12,19,27,30,34,36-37,39H,4-7,9H2,1-3H3,(H2,29,38)(H,31,33)/t10-,12-,19-,26+/m0/s1. The summed E-state index contributed by atoms with van der Waals surface area (Å²) >= 11 is 0. The van der Waals surface area contributed by atoms with Crippen LogP contribution in [0, 0.1) is 17.7 Å². The number of hydrogen-bond acceptors (Lipinski definition) is 10. The van der Waals surface area contributed by atoms with Crippen molar-refractivity contribution in [3.63, 3.8) is 0 Å². The van der Waals surface area contributed by atoms with Crippen LogP contribution in [0.15, 0.2) is 28.7 Å². The van der Waals surface area contributed by atoms with Gasteiger partial charge in [-0.3, -0.25) is 0 Å². The van der Waals surface area contributed by atoms with Gasteiger partial charge in [0.2, 0.25) is 0 Å². The van der Waals surface area contributed by atoms with Gasteiger partial charge in [-0.2, -0.15) is 0 Å². The second kappa shape index (κ2) is 10.8. The Bertz CT molecular complexity index is 1380. The molecule has 214 valence electrons. The average Bonchev–Trinajstić information content (AvgIpc) is 2.86. The van der Waals surface area contributed by atoms with E-state index in [-0.39, 0.29) is 41.7 Å². The third-order valence-electron chi connectivity index (χ3n) is 7.90. The van der Waals surface area contributed by atoms with Gasteiger partial charge in [-0.15, -0.1) is 0 Å². The molecule has 40 heavy (non-hydrogen) atoms. The fraction of sp³-hybridized carbons (Fsp3) is 0.462. The van der Waals surface area contributed by atoms with Crippen LogP contribution >= 0.6 is 0 Å². The number of rotatable bonds is 8. The zero-order chi connectivity index (χ0) is 29.7. The summed E-state index contributed by atoms with van der Waals surface area (Å²) in [5, 5.41) is 50.3. The molecule has 3 aliphatic carbocycles. The number of primary amides is 1. The average molecular weight is 558 g/mol. The summed E-state index contributed by atoms with van der Waals surface area (Å²) < 4.78 is 20.2. The number of likely N-dealkylation sites (N-methyl/N-ethyl adjacent to an activating group) is 1. The summed E-state index contributed by atoms with van der Waals surface area (Å²) in [6.07, 6.45) is -0.135. The van der Waals surface area contributed by atoms with Crippen molar-refractivity contribution < 1.29 is 43.9 Å². The summed E-state index contributed by atoms with van der Waals surface area (Å²) in [6.45, 7) is 0.553. The normalized spacial score (nSPS) is 26.0. The number of phenols is 1. The van der Waals surface area contributed by atoms with Crippen LogP contribution in [-0.4, -0.2) is 108 Å². The van der Waals surface area contributed by atoms with E-state index in [4.69, 9.17) is 10.5 Å². The molecule has 0 saturated heterocycles. The number of aliphatic hydroxyl groups is 3. The molecule has 0 fully saturated rings. The maximum absolute atomic E-state index is 15.3. The van der Waals surface area contributed by atoms with Gasteiger partial charge >= 0.3 is 205 Å². The number of hydrogen-bond donors (Lipinski definition) is 7. The number of anilines is 1. The number of phenolic OH excluding ortho intramolecular Hbond substituents is 1. The number of amides is 2. The van der Waals surface area contributed by atoms with E-state index in [9.17, 15) is 34.8 Å². The van der Waals surface area contributed by atoms with E-state index in [1.54, 1.807) is 14.1 Å². The maximum atomic E-state index is 15.3. The number of carbonyl (C=O) groups is 3. The predicted molar refractivity (Wildman–Crippen MR) is 144 cm³/mol. The van der Waals surface area contributed by atoms with Gasteiger partial charge in [-0.05, 0) is 0 Å². The number of halogens is 1. The molecule has 4 rings (SSSR count). The van der Waals surface area contributed by atoms with E-state index in [1.165, 1.54) is 12.0 Å². The number of ether oxygens (including phenoxy) is 1. The SMILES string of the molecule is B=C1C(C(N)=O)=C(O)[C@@H](N(C)C)[C@@H]2C[C@@H]3Cc4c(F)cc(NC(=O)CNCCOC)c(O)c4C(=O)C3=C(O)[C@]12O. The number of nitrogens with two attached hydrogens (primary N) is 1. The van der Waals surface area contributed by atoms with Crippen LogP contribution in [0.3, 0.4) is 0 Å². The molecule has 0 spiro atoms. The van der Waals surface area contributed by atoms with E-state index >= 15 is 4.39 Å². The van der Waals surface area contributed by atoms with Crippen LogP contribution in [0.25, 0.3) is 0 Å². The number of Topliss-reactive ketones (excluding diaryl/α,β-unsaturated/α-hetero) is 1. The molecule has 0 aliphatic heterocycles. The van der Waals surface area contributed by atoms with E-state index in [0.717, 1.165) is 6.07 Å². The number of aromatic hydroxyl groups is 1. The van der Waals surface area contributed by atoms with E-state index in [2.05, 4.69) is 18.1 Å². The Labute approximate surface area is 230 Å². The summed E-state index contributed by atoms with van der Waals surface area (Å²) in [4.78, 5) is 39.8. The summed E-state index contributed by atoms with van der Waals surface area (Å²) in [5.41, 5.74) is 1.07. The monoisotopic (exact) mass is 558 g/mol. The van der Waals surface area contributed by atoms with Crippen LogP contribution in [0.2, 0.25) is 0 Å². The zero-order valence-corrected chi connectivity index (χ0v) is 22.4. The minimum absolute atomic E-state index is 0.00905. The van der Waals surface area contributed by atoms with E-state index < -0.39 is 75.3 Å². The van der Waals surface area contributed by atoms with Gasteiger partial charge in [0.1, 0.15) is 0 Å². The summed E-state index contributed by atoms with van der Waals surface area (Å²) in [6, 6.07) is -0.0763. The molecule has 2 amide bonds. The molecule has 0 bridgehead atoms. The van der Waals surface area contributed by atoms with Gasteiger partial charge in [0.25, 0.3) is 0 Å². The molecule has 0 saturated carbocycles. The third-order valence-corrected chi connectivity index (χ3v) is 7.90. The first-order chi connectivity index (χ1) is 18.8. The zero-order valence-electron chi connectivity index (χ0n) is 22.4. The quantitative estimate of drug-likeness (QED) is 0.117. The first-order valence-electron chi connectivity index (χ1n) is 12.6. The Hall–Kier alpha value is -3.59. The van der Waals surface area contributed by atoms with Crippen molar-refractivity contribution in [1.29, 1.82) is 0 Å². The molecule has 0 unspecified atom stereocenters. The van der Waals surface area contributed by atoms with Crippen molar-refractivity contribution in [3.05, 3.63) is 45.7 Å². The van der Waals surface area contributed by atoms with Crippen LogP contribution in [0.1, 0.15) is 22.3 Å². The molecule has 8 N–H and O–H groups in total. The summed E-state index contributed by atoms with van der Waals surface area (Å²) in [5.74, 6) is -7.22. The van der Waals surface area contributed by atoms with Crippen molar-refractivity contribution in [3.8, 4) is 5.75 Å². The van der Waals surface area contributed by atoms with E-state index in [0.29, 0.717) is 13.2 Å². The Morgan fingerprint density at radius 2 is 1.98 bits per heavy atom. The van der Waals surface area contributed by atoms with Crippen LogP contribution in [0.4, 0.5) is 10.1 Å². The number of benzene rings is 1. The Kier molecular flexibility index (Phi) is 7.91. The molecular weight excluding hydrogens is 526 g/mol. The Morgan fingerprint density at radius 3 is 2.58 bits per heavy atom. The first-order valence-corrected chi connectivity index (χ1v) is 12.6. The minimum atomic E-state index is -2.36. The van der Waals surface area contributed by atoms with Gasteiger partial charge in [0.05, 0.1) is 6.61 Å². The van der Waals surface area contributed by atoms with Gasteiger partial charge in [0.15, 0.2) is 0 Å². The second-order valence-electron chi connectivity index (χ2n) is 10.4. The number of fused-ring (bicyclic) bond motifs is 3. The number of carbonyl (C=O) groups excluding carboxylic acids is 3. The van der Waals surface area contributed by atoms with Gasteiger partial charge in [-0.1, -0.05) is 0 Å². The second-order valence-corrected chi connectivity index (χ2v) is 10.4. The van der Waals surface area contributed by atoms with Crippen LogP contribution < -0.4 is 16.4 Å². The molecule has 14 heteroatoms. The molecule has 1 aromatic carbocycles. The van der Waals surface area contributed by atoms with Crippen LogP contribution in [-0.2, 0) is 20.7 Å². The molecule has 0 radical (unpaired) electrons. The number of methoxy groups -OCH3 is 1. The fourth-order valence-corrected chi connectivity index (χ4v) is 6.10. The van der Waals surface area contributed by atoms with Crippen LogP contribution in [0.5, 0.6) is 5.75 Å². The van der Waals surface area contributed by atoms with Gasteiger partial charge in [-0.25, -0.2) is 0 Å². The molecule has 4 atom stereocenters. The van der Waals surface area contributed by atoms with Gasteiger partial charge in [0, 0.05) is 13.7 Å². The number of nitrogens with zero attached hydrogens (tertiary/aromatic N) is 1. The third kappa shape index (κ3) is 4.50. The first kappa shape index (κ1) is 29.4. The van der Waals surface area contributed by atoms with E-state index in [1.807, 2.05) is 0 Å². The molecule has 0 heterocycles. The molecular formula is C26H32BFN4O8. The molecule has 3 aliphatic rings. The van der Waals surface area contributed by atoms with Crippen molar-refractivity contribution >= 4 is 36.2 Å². The van der Waals surface area contributed by atoms with Crippen molar-refractivity contribution in [2.24, 2.45) is 17.6 Å². The fourth-order valence-electron chi connectivity index (χ4n) is 6.10. The Balaban J connectivity index is 1.79. The molecule has 0 aromatic heterocycles. The predicted octanol–water partition coefficient (Wildman–Crippen LogP) is -1.06. The summed E-state index contributed by atoms with van der Waals surface area (Å²) in [7, 11) is 8.40. The Morgan fingerprint density at radius 1 is 1.30 bits per heavy atom. The topological polar surface area (TPSA) is 195 Å². The van der Waals surface area contributed by atoms with Crippen molar-refractivity contribution in [1.82, 2.24) is 10.2 Å². The van der Waals surface area contributed by atoms with Crippen molar-refractivity contribution in [2.45, 2.75) is 24.5 Å². The van der Waals surface area contributed by atoms with Gasteiger partial charge < -0.3 is 4.74 Å². The number of nitrogens with one attached hydrogen (secondary N) is 2. The number of ketones is 1.